The van der Waals surface area contributed by atoms with E-state index in [1.165, 1.54) is 28.6 Å². The van der Waals surface area contributed by atoms with Crippen molar-refractivity contribution in [3.05, 3.63) is 83.9 Å². The summed E-state index contributed by atoms with van der Waals surface area (Å²) in [5, 5.41) is 2.72. The molecule has 3 aromatic rings. The van der Waals surface area contributed by atoms with Crippen molar-refractivity contribution in [2.75, 3.05) is 27.1 Å². The number of rotatable bonds is 10. The molecule has 0 bridgehead atoms. The maximum absolute atomic E-state index is 12.6. The molecule has 2 N–H and O–H groups in total. The molecule has 0 radical (unpaired) electrons. The van der Waals surface area contributed by atoms with Crippen molar-refractivity contribution in [1.29, 1.82) is 0 Å². The fraction of sp³-hybridized carbons (Fsp3) is 0.240. The van der Waals surface area contributed by atoms with Gasteiger partial charge in [0.25, 0.3) is 10.0 Å². The van der Waals surface area contributed by atoms with E-state index >= 15 is 0 Å². The van der Waals surface area contributed by atoms with Crippen LogP contribution >= 0.6 is 0 Å². The summed E-state index contributed by atoms with van der Waals surface area (Å²) in [4.78, 5) is 12.4. The number of carbonyl (C=O) groups is 1. The molecule has 0 saturated carbocycles. The van der Waals surface area contributed by atoms with Crippen LogP contribution in [0, 0.1) is 13.8 Å². The number of sulfonamides is 2. The molecule has 0 unspecified atom stereocenters. The van der Waals surface area contributed by atoms with Crippen LogP contribution in [0.4, 0.5) is 17.1 Å². The molecule has 0 aliphatic rings. The standard InChI is InChI=1S/C25H29N3O5S2/c1-19-9-11-22(12-10-19)27-35(32,33)24-15-13-21(14-16-24)26-25(29)8-5-17-28(34(3,30)31)23-7-4-6-20(2)18-23/h4,6-7,9-16,18,27H,5,8,17H2,1-3H3,(H,26,29). The summed E-state index contributed by atoms with van der Waals surface area (Å²) < 4.78 is 53.4. The SMILES string of the molecule is Cc1ccc(NS(=O)(=O)c2ccc(NC(=O)CCCN(c3cccc(C)c3)S(C)(=O)=O)cc2)cc1. The Morgan fingerprint density at radius 2 is 1.46 bits per heavy atom. The Morgan fingerprint density at radius 3 is 2.06 bits per heavy atom. The summed E-state index contributed by atoms with van der Waals surface area (Å²) in [5.74, 6) is -0.295. The van der Waals surface area contributed by atoms with Crippen molar-refractivity contribution in [1.82, 2.24) is 0 Å². The van der Waals surface area contributed by atoms with Crippen LogP contribution in [0.15, 0.2) is 77.7 Å². The summed E-state index contributed by atoms with van der Waals surface area (Å²) in [7, 11) is -7.26. The average molecular weight is 516 g/mol. The topological polar surface area (TPSA) is 113 Å². The molecule has 0 saturated heterocycles. The van der Waals surface area contributed by atoms with Gasteiger partial charge >= 0.3 is 0 Å². The predicted molar refractivity (Wildman–Crippen MR) is 140 cm³/mol. The first-order valence-corrected chi connectivity index (χ1v) is 14.3. The second kappa shape index (κ2) is 10.9. The smallest absolute Gasteiger partial charge is 0.261 e. The van der Waals surface area contributed by atoms with Gasteiger partial charge in [0.1, 0.15) is 0 Å². The molecule has 1 amide bonds. The highest BCUT2D eigenvalue weighted by molar-refractivity contribution is 7.92. The monoisotopic (exact) mass is 515 g/mol. The van der Waals surface area contributed by atoms with E-state index in [1.807, 2.05) is 32.0 Å². The van der Waals surface area contributed by atoms with Crippen LogP contribution in [0.5, 0.6) is 0 Å². The zero-order chi connectivity index (χ0) is 25.6. The molecule has 0 atom stereocenters. The quantitative estimate of drug-likeness (QED) is 0.418. The lowest BCUT2D eigenvalue weighted by Gasteiger charge is -2.22. The first-order chi connectivity index (χ1) is 16.4. The van der Waals surface area contributed by atoms with E-state index < -0.39 is 20.0 Å². The molecule has 3 aromatic carbocycles. The zero-order valence-corrected chi connectivity index (χ0v) is 21.5. The van der Waals surface area contributed by atoms with E-state index in [-0.39, 0.29) is 23.8 Å². The second-order valence-corrected chi connectivity index (χ2v) is 11.9. The summed E-state index contributed by atoms with van der Waals surface area (Å²) in [6, 6.07) is 20.0. The number of carbonyl (C=O) groups excluding carboxylic acids is 1. The van der Waals surface area contributed by atoms with Crippen LogP contribution < -0.4 is 14.3 Å². The van der Waals surface area contributed by atoms with Crippen molar-refractivity contribution in [2.45, 2.75) is 31.6 Å². The minimum absolute atomic E-state index is 0.0676. The van der Waals surface area contributed by atoms with E-state index in [0.717, 1.165) is 17.4 Å². The molecule has 10 heteroatoms. The molecule has 8 nitrogen and oxygen atoms in total. The fourth-order valence-electron chi connectivity index (χ4n) is 3.43. The van der Waals surface area contributed by atoms with Crippen molar-refractivity contribution in [3.63, 3.8) is 0 Å². The predicted octanol–water partition coefficient (Wildman–Crippen LogP) is 4.29. The van der Waals surface area contributed by atoms with Crippen LogP contribution in [0.2, 0.25) is 0 Å². The molecule has 0 aliphatic heterocycles. The highest BCUT2D eigenvalue weighted by Gasteiger charge is 2.18. The normalized spacial score (nSPS) is 11.6. The Labute approximate surface area is 207 Å². The second-order valence-electron chi connectivity index (χ2n) is 8.32. The maximum Gasteiger partial charge on any atom is 0.261 e. The zero-order valence-electron chi connectivity index (χ0n) is 19.9. The van der Waals surface area contributed by atoms with Gasteiger partial charge in [0.15, 0.2) is 0 Å². The molecule has 35 heavy (non-hydrogen) atoms. The van der Waals surface area contributed by atoms with Gasteiger partial charge in [-0.15, -0.1) is 0 Å². The average Bonchev–Trinajstić information content (AvgIpc) is 2.77. The summed E-state index contributed by atoms with van der Waals surface area (Å²) in [5.41, 5.74) is 3.43. The number of hydrogen-bond donors (Lipinski definition) is 2. The van der Waals surface area contributed by atoms with Gasteiger partial charge in [-0.1, -0.05) is 29.8 Å². The van der Waals surface area contributed by atoms with Crippen molar-refractivity contribution < 1.29 is 21.6 Å². The van der Waals surface area contributed by atoms with Gasteiger partial charge in [-0.3, -0.25) is 13.8 Å². The number of amides is 1. The van der Waals surface area contributed by atoms with E-state index in [2.05, 4.69) is 10.0 Å². The maximum atomic E-state index is 12.6. The van der Waals surface area contributed by atoms with Gasteiger partial charge in [-0.25, -0.2) is 16.8 Å². The first-order valence-electron chi connectivity index (χ1n) is 11.0. The molecular formula is C25H29N3O5S2. The molecule has 3 rings (SSSR count). The molecule has 0 fully saturated rings. The van der Waals surface area contributed by atoms with Crippen LogP contribution in [0.3, 0.4) is 0 Å². The highest BCUT2D eigenvalue weighted by atomic mass is 32.2. The Kier molecular flexibility index (Phi) is 8.18. The molecule has 186 valence electrons. The third-order valence-corrected chi connectivity index (χ3v) is 7.80. The Balaban J connectivity index is 1.56. The molecule has 0 aliphatic carbocycles. The van der Waals surface area contributed by atoms with Crippen LogP contribution in [0.1, 0.15) is 24.0 Å². The van der Waals surface area contributed by atoms with E-state index in [1.54, 1.807) is 30.3 Å². The largest absolute Gasteiger partial charge is 0.326 e. The minimum atomic E-state index is -3.76. The van der Waals surface area contributed by atoms with E-state index in [4.69, 9.17) is 0 Å². The number of anilines is 3. The Morgan fingerprint density at radius 1 is 0.829 bits per heavy atom. The number of aryl methyl sites for hydroxylation is 2. The van der Waals surface area contributed by atoms with Gasteiger partial charge < -0.3 is 5.32 Å². The van der Waals surface area contributed by atoms with E-state index in [0.29, 0.717) is 23.5 Å². The minimum Gasteiger partial charge on any atom is -0.326 e. The van der Waals surface area contributed by atoms with Gasteiger partial charge in [0, 0.05) is 24.3 Å². The fourth-order valence-corrected chi connectivity index (χ4v) is 5.45. The molecule has 0 spiro atoms. The van der Waals surface area contributed by atoms with E-state index in [9.17, 15) is 21.6 Å². The number of hydrogen-bond acceptors (Lipinski definition) is 5. The number of benzene rings is 3. The van der Waals surface area contributed by atoms with Gasteiger partial charge in [0.2, 0.25) is 15.9 Å². The highest BCUT2D eigenvalue weighted by Crippen LogP contribution is 2.21. The molecule has 0 aromatic heterocycles. The lowest BCUT2D eigenvalue weighted by molar-refractivity contribution is -0.116. The third-order valence-electron chi connectivity index (χ3n) is 5.21. The first kappa shape index (κ1) is 26.2. The Bertz CT molecular complexity index is 1390. The van der Waals surface area contributed by atoms with Crippen molar-refractivity contribution in [2.24, 2.45) is 0 Å². The summed E-state index contributed by atoms with van der Waals surface area (Å²) >= 11 is 0. The van der Waals surface area contributed by atoms with Crippen LogP contribution in [-0.2, 0) is 24.8 Å². The summed E-state index contributed by atoms with van der Waals surface area (Å²) in [6.07, 6.45) is 1.56. The molecular weight excluding hydrogens is 486 g/mol. The number of nitrogens with one attached hydrogen (secondary N) is 2. The number of nitrogens with zero attached hydrogens (tertiary/aromatic N) is 1. The van der Waals surface area contributed by atoms with Crippen LogP contribution in [-0.4, -0.2) is 35.5 Å². The molecule has 0 heterocycles. The lowest BCUT2D eigenvalue weighted by atomic mass is 10.2. The van der Waals surface area contributed by atoms with Crippen molar-refractivity contribution >= 4 is 43.0 Å². The Hall–Kier alpha value is -3.37. The lowest BCUT2D eigenvalue weighted by Crippen LogP contribution is -2.31. The van der Waals surface area contributed by atoms with Crippen LogP contribution in [0.25, 0.3) is 0 Å². The van der Waals surface area contributed by atoms with Gasteiger partial charge in [-0.05, 0) is 74.4 Å². The van der Waals surface area contributed by atoms with Crippen molar-refractivity contribution in [3.8, 4) is 0 Å². The summed E-state index contributed by atoms with van der Waals surface area (Å²) in [6.45, 7) is 3.96. The van der Waals surface area contributed by atoms with Gasteiger partial charge in [0.05, 0.1) is 16.8 Å². The van der Waals surface area contributed by atoms with Gasteiger partial charge in [-0.2, -0.15) is 0 Å². The third kappa shape index (κ3) is 7.56.